The van der Waals surface area contributed by atoms with Crippen molar-refractivity contribution >= 4 is 5.97 Å². The predicted octanol–water partition coefficient (Wildman–Crippen LogP) is 1.98. The quantitative estimate of drug-likeness (QED) is 0.793. The van der Waals surface area contributed by atoms with Crippen molar-refractivity contribution in [3.8, 4) is 0 Å². The highest BCUT2D eigenvalue weighted by Gasteiger charge is 2.36. The Kier molecular flexibility index (Phi) is 5.35. The molecule has 2 atom stereocenters. The Labute approximate surface area is 115 Å². The fraction of sp³-hybridized carbons (Fsp3) is 0.929. The van der Waals surface area contributed by atoms with Gasteiger partial charge in [0.25, 0.3) is 0 Å². The summed E-state index contributed by atoms with van der Waals surface area (Å²) in [5.41, 5.74) is 5.10. The molecule has 0 aromatic heterocycles. The maximum absolute atomic E-state index is 11.8. The molecule has 112 valence electrons. The first kappa shape index (κ1) is 16.4. The molecule has 0 bridgehead atoms. The summed E-state index contributed by atoms with van der Waals surface area (Å²) >= 11 is 0. The van der Waals surface area contributed by atoms with E-state index < -0.39 is 11.4 Å². The number of carbonyl (C=O) groups is 1. The van der Waals surface area contributed by atoms with Gasteiger partial charge in [0.1, 0.15) is 5.60 Å². The van der Waals surface area contributed by atoms with Gasteiger partial charge >= 0.3 is 5.97 Å². The molecule has 0 aliphatic carbocycles. The Morgan fingerprint density at radius 1 is 1.32 bits per heavy atom. The lowest BCUT2D eigenvalue weighted by Gasteiger charge is -2.40. The van der Waals surface area contributed by atoms with Gasteiger partial charge in [0.2, 0.25) is 0 Å². The van der Waals surface area contributed by atoms with Crippen LogP contribution in [-0.4, -0.2) is 36.1 Å². The lowest BCUT2D eigenvalue weighted by molar-refractivity contribution is -0.300. The standard InChI is InChI=1S/C14H27NO4/c1-13(2,3)19-12(16)9-11-8-10(6-7-15)17-14(4,5)18-11/h10-11H,6-9,15H2,1-5H3. The second kappa shape index (κ2) is 6.20. The summed E-state index contributed by atoms with van der Waals surface area (Å²) in [7, 11) is 0. The molecule has 1 aliphatic rings. The van der Waals surface area contributed by atoms with Crippen LogP contribution in [0.5, 0.6) is 0 Å². The van der Waals surface area contributed by atoms with E-state index >= 15 is 0 Å². The van der Waals surface area contributed by atoms with Gasteiger partial charge in [-0.15, -0.1) is 0 Å². The van der Waals surface area contributed by atoms with E-state index in [1.54, 1.807) is 0 Å². The summed E-state index contributed by atoms with van der Waals surface area (Å²) in [5, 5.41) is 0. The van der Waals surface area contributed by atoms with Crippen LogP contribution in [-0.2, 0) is 19.0 Å². The number of ether oxygens (including phenoxy) is 3. The third-order valence-corrected chi connectivity index (χ3v) is 2.73. The lowest BCUT2D eigenvalue weighted by atomic mass is 10.0. The molecule has 0 saturated carbocycles. The fourth-order valence-electron chi connectivity index (χ4n) is 2.28. The van der Waals surface area contributed by atoms with Crippen molar-refractivity contribution in [1.29, 1.82) is 0 Å². The maximum atomic E-state index is 11.8. The normalized spacial score (nSPS) is 27.1. The monoisotopic (exact) mass is 273 g/mol. The van der Waals surface area contributed by atoms with Crippen molar-refractivity contribution < 1.29 is 19.0 Å². The van der Waals surface area contributed by atoms with Crippen LogP contribution >= 0.6 is 0 Å². The molecule has 1 saturated heterocycles. The van der Waals surface area contributed by atoms with Crippen molar-refractivity contribution in [2.75, 3.05) is 6.54 Å². The molecule has 1 heterocycles. The molecule has 0 amide bonds. The van der Waals surface area contributed by atoms with Gasteiger partial charge in [-0.2, -0.15) is 0 Å². The molecule has 1 aliphatic heterocycles. The predicted molar refractivity (Wildman–Crippen MR) is 72.6 cm³/mol. The molecule has 19 heavy (non-hydrogen) atoms. The average Bonchev–Trinajstić information content (AvgIpc) is 2.10. The minimum atomic E-state index is -0.676. The van der Waals surface area contributed by atoms with E-state index in [2.05, 4.69) is 0 Å². The molecule has 0 spiro atoms. The highest BCUT2D eigenvalue weighted by molar-refractivity contribution is 5.70. The molecule has 5 heteroatoms. The van der Waals surface area contributed by atoms with Crippen molar-refractivity contribution in [3.63, 3.8) is 0 Å². The van der Waals surface area contributed by atoms with Crippen LogP contribution in [0.25, 0.3) is 0 Å². The number of nitrogens with two attached hydrogens (primary N) is 1. The summed E-state index contributed by atoms with van der Waals surface area (Å²) in [6, 6.07) is 0. The Morgan fingerprint density at radius 3 is 2.42 bits per heavy atom. The summed E-state index contributed by atoms with van der Waals surface area (Å²) in [5.74, 6) is -0.910. The third kappa shape index (κ3) is 6.36. The fourth-order valence-corrected chi connectivity index (χ4v) is 2.28. The second-order valence-electron chi connectivity index (χ2n) is 6.48. The highest BCUT2D eigenvalue weighted by atomic mass is 16.7. The van der Waals surface area contributed by atoms with Gasteiger partial charge < -0.3 is 19.9 Å². The topological polar surface area (TPSA) is 70.8 Å². The SMILES string of the molecule is CC(C)(C)OC(=O)CC1CC(CCN)OC(C)(C)O1. The Balaban J connectivity index is 2.54. The zero-order chi connectivity index (χ0) is 14.7. The van der Waals surface area contributed by atoms with E-state index in [0.29, 0.717) is 13.0 Å². The maximum Gasteiger partial charge on any atom is 0.308 e. The Morgan fingerprint density at radius 2 is 1.89 bits per heavy atom. The van der Waals surface area contributed by atoms with Gasteiger partial charge in [0.15, 0.2) is 5.79 Å². The number of hydrogen-bond donors (Lipinski definition) is 1. The van der Waals surface area contributed by atoms with Crippen molar-refractivity contribution in [2.45, 2.75) is 77.5 Å². The van der Waals surface area contributed by atoms with Crippen LogP contribution in [0.15, 0.2) is 0 Å². The van der Waals surface area contributed by atoms with E-state index in [-0.39, 0.29) is 24.6 Å². The highest BCUT2D eigenvalue weighted by Crippen LogP contribution is 2.30. The van der Waals surface area contributed by atoms with Gasteiger partial charge in [0.05, 0.1) is 18.6 Å². The zero-order valence-electron chi connectivity index (χ0n) is 12.7. The Hall–Kier alpha value is -0.650. The van der Waals surface area contributed by atoms with E-state index in [0.717, 1.165) is 6.42 Å². The first-order chi connectivity index (χ1) is 8.61. The van der Waals surface area contributed by atoms with Crippen LogP contribution in [0, 0.1) is 0 Å². The Bertz CT molecular complexity index is 309. The van der Waals surface area contributed by atoms with Gasteiger partial charge in [-0.25, -0.2) is 0 Å². The number of carbonyl (C=O) groups excluding carboxylic acids is 1. The number of rotatable bonds is 4. The minimum Gasteiger partial charge on any atom is -0.460 e. The molecule has 2 unspecified atom stereocenters. The molecule has 0 radical (unpaired) electrons. The molecule has 2 N–H and O–H groups in total. The molecule has 1 fully saturated rings. The van der Waals surface area contributed by atoms with Crippen LogP contribution < -0.4 is 5.73 Å². The molecule has 1 rings (SSSR count). The average molecular weight is 273 g/mol. The van der Waals surface area contributed by atoms with Crippen LogP contribution in [0.3, 0.4) is 0 Å². The molecule has 5 nitrogen and oxygen atoms in total. The van der Waals surface area contributed by atoms with E-state index in [1.165, 1.54) is 0 Å². The largest absolute Gasteiger partial charge is 0.460 e. The first-order valence-electron chi connectivity index (χ1n) is 6.89. The van der Waals surface area contributed by atoms with Crippen LogP contribution in [0.4, 0.5) is 0 Å². The summed E-state index contributed by atoms with van der Waals surface area (Å²) < 4.78 is 16.9. The van der Waals surface area contributed by atoms with Crippen molar-refractivity contribution in [2.24, 2.45) is 5.73 Å². The first-order valence-corrected chi connectivity index (χ1v) is 6.89. The van der Waals surface area contributed by atoms with Gasteiger partial charge in [-0.3, -0.25) is 4.79 Å². The van der Waals surface area contributed by atoms with Crippen molar-refractivity contribution in [3.05, 3.63) is 0 Å². The van der Waals surface area contributed by atoms with Crippen molar-refractivity contribution in [1.82, 2.24) is 0 Å². The van der Waals surface area contributed by atoms with Gasteiger partial charge in [-0.1, -0.05) is 0 Å². The zero-order valence-corrected chi connectivity index (χ0v) is 12.7. The molecular weight excluding hydrogens is 246 g/mol. The molecule has 0 aromatic rings. The van der Waals surface area contributed by atoms with Crippen LogP contribution in [0.2, 0.25) is 0 Å². The van der Waals surface area contributed by atoms with E-state index in [1.807, 2.05) is 34.6 Å². The van der Waals surface area contributed by atoms with Gasteiger partial charge in [-0.05, 0) is 47.6 Å². The second-order valence-corrected chi connectivity index (χ2v) is 6.48. The third-order valence-electron chi connectivity index (χ3n) is 2.73. The number of hydrogen-bond acceptors (Lipinski definition) is 5. The van der Waals surface area contributed by atoms with Gasteiger partial charge in [0, 0.05) is 6.42 Å². The minimum absolute atomic E-state index is 0.0428. The molecule has 0 aromatic carbocycles. The smallest absolute Gasteiger partial charge is 0.308 e. The summed E-state index contributed by atoms with van der Waals surface area (Å²) in [6.45, 7) is 9.86. The van der Waals surface area contributed by atoms with Crippen LogP contribution in [0.1, 0.15) is 53.9 Å². The summed E-state index contributed by atoms with van der Waals surface area (Å²) in [4.78, 5) is 11.8. The van der Waals surface area contributed by atoms with E-state index in [4.69, 9.17) is 19.9 Å². The molecular formula is C14H27NO4. The number of esters is 1. The van der Waals surface area contributed by atoms with E-state index in [9.17, 15) is 4.79 Å². The summed E-state index contributed by atoms with van der Waals surface area (Å²) in [6.07, 6.45) is 1.58. The lowest BCUT2D eigenvalue weighted by Crippen LogP contribution is -2.46.